The Morgan fingerprint density at radius 2 is 1.73 bits per heavy atom. The van der Waals surface area contributed by atoms with Gasteiger partial charge in [0.05, 0.1) is 17.9 Å². The minimum atomic E-state index is -1.14. The van der Waals surface area contributed by atoms with Crippen molar-refractivity contribution in [2.24, 2.45) is 23.7 Å². The molecule has 1 aromatic rings. The van der Waals surface area contributed by atoms with Crippen molar-refractivity contribution in [2.75, 3.05) is 31.5 Å². The van der Waals surface area contributed by atoms with E-state index in [2.05, 4.69) is 29.4 Å². The molecule has 8 atom stereocenters. The van der Waals surface area contributed by atoms with E-state index in [0.717, 1.165) is 38.8 Å². The number of fused-ring (bicyclic) bond motifs is 1. The third-order valence-corrected chi connectivity index (χ3v) is 10.7. The summed E-state index contributed by atoms with van der Waals surface area (Å²) in [6.07, 6.45) is 11.2. The van der Waals surface area contributed by atoms with Gasteiger partial charge in [-0.05, 0) is 68.5 Å². The van der Waals surface area contributed by atoms with Crippen molar-refractivity contribution in [3.05, 3.63) is 41.4 Å². The summed E-state index contributed by atoms with van der Waals surface area (Å²) >= 11 is 6.03. The van der Waals surface area contributed by atoms with Gasteiger partial charge in [-0.2, -0.15) is 0 Å². The Morgan fingerprint density at radius 1 is 1.00 bits per heavy atom. The van der Waals surface area contributed by atoms with Crippen LogP contribution in [0.15, 0.2) is 36.4 Å². The lowest BCUT2D eigenvalue weighted by atomic mass is 9.73. The van der Waals surface area contributed by atoms with Crippen molar-refractivity contribution >= 4 is 35.0 Å². The van der Waals surface area contributed by atoms with E-state index in [-0.39, 0.29) is 23.8 Å². The number of nitrogens with zero attached hydrogens (tertiary/aromatic N) is 2. The van der Waals surface area contributed by atoms with Gasteiger partial charge in [0.25, 0.3) is 0 Å². The average Bonchev–Trinajstić information content (AvgIpc) is 3.50. The zero-order valence-corrected chi connectivity index (χ0v) is 24.9. The van der Waals surface area contributed by atoms with Crippen LogP contribution in [0.25, 0.3) is 0 Å². The normalized spacial score (nSPS) is 36.7. The van der Waals surface area contributed by atoms with Crippen LogP contribution < -0.4 is 10.6 Å². The molecule has 0 unspecified atom stereocenters. The fourth-order valence-electron chi connectivity index (χ4n) is 7.92. The Hall–Kier alpha value is -2.42. The average molecular weight is 583 g/mol. The number of nitrogens with one attached hydrogen (secondary N) is 2. The summed E-state index contributed by atoms with van der Waals surface area (Å²) in [5.74, 6) is -1.16. The molecule has 0 radical (unpaired) electrons. The lowest BCUT2D eigenvalue weighted by Crippen LogP contribution is -2.58. The van der Waals surface area contributed by atoms with Gasteiger partial charge >= 0.3 is 0 Å². The van der Waals surface area contributed by atoms with Crippen LogP contribution in [-0.4, -0.2) is 77.5 Å². The SMILES string of the molecule is C[C@@H]1[C@H](C)CCC[C@@H]1NC(=O)[C@@H]1N(CCN2CCCCCC2)C(=O)[C@@H]2[C@H](C(=O)Nc3ccc(Cl)cc3)[C@@H]3C=C[C@]21O3. The highest BCUT2D eigenvalue weighted by molar-refractivity contribution is 6.30. The van der Waals surface area contributed by atoms with Gasteiger partial charge < -0.3 is 25.2 Å². The maximum Gasteiger partial charge on any atom is 0.246 e. The first-order valence-corrected chi connectivity index (χ1v) is 15.9. The van der Waals surface area contributed by atoms with E-state index in [1.165, 1.54) is 19.3 Å². The summed E-state index contributed by atoms with van der Waals surface area (Å²) in [4.78, 5) is 46.3. The molecule has 8 nitrogen and oxygen atoms in total. The Morgan fingerprint density at radius 3 is 2.46 bits per heavy atom. The standard InChI is InChI=1S/C32H43ClN4O4/c1-20-8-7-9-24(21(20)2)35-30(39)28-32-15-14-25(41-32)26(29(38)34-23-12-10-22(33)11-13-23)27(32)31(40)37(28)19-18-36-16-5-3-4-6-17-36/h10-15,20-21,24-28H,3-9,16-19H2,1-2H3,(H,34,38)(H,35,39)/t20-,21-,24+,25+,26-,27+,28+,32+/m1/s1. The van der Waals surface area contributed by atoms with Crippen molar-refractivity contribution in [2.45, 2.75) is 82.6 Å². The smallest absolute Gasteiger partial charge is 0.246 e. The van der Waals surface area contributed by atoms with Crippen LogP contribution in [0.4, 0.5) is 5.69 Å². The molecular formula is C32H43ClN4O4. The molecule has 3 amide bonds. The van der Waals surface area contributed by atoms with Crippen LogP contribution in [-0.2, 0) is 19.1 Å². The molecule has 1 saturated carbocycles. The van der Waals surface area contributed by atoms with Crippen molar-refractivity contribution < 1.29 is 19.1 Å². The molecule has 1 aromatic carbocycles. The summed E-state index contributed by atoms with van der Waals surface area (Å²) in [5.41, 5.74) is -0.533. The lowest BCUT2D eigenvalue weighted by molar-refractivity contribution is -0.141. The van der Waals surface area contributed by atoms with Crippen molar-refractivity contribution in [1.29, 1.82) is 0 Å². The van der Waals surface area contributed by atoms with Crippen LogP contribution in [0, 0.1) is 23.7 Å². The van der Waals surface area contributed by atoms with Crippen molar-refractivity contribution in [3.8, 4) is 0 Å². The highest BCUT2D eigenvalue weighted by Gasteiger charge is 2.72. The van der Waals surface area contributed by atoms with Crippen molar-refractivity contribution in [3.63, 3.8) is 0 Å². The number of rotatable bonds is 7. The molecule has 0 aromatic heterocycles. The van der Waals surface area contributed by atoms with Crippen LogP contribution >= 0.6 is 11.6 Å². The molecule has 4 aliphatic heterocycles. The van der Waals surface area contributed by atoms with Crippen LogP contribution in [0.5, 0.6) is 0 Å². The monoisotopic (exact) mass is 582 g/mol. The zero-order valence-electron chi connectivity index (χ0n) is 24.2. The number of carbonyl (C=O) groups is 3. The second-order valence-corrected chi connectivity index (χ2v) is 13.3. The number of amides is 3. The number of benzene rings is 1. The first-order valence-electron chi connectivity index (χ1n) is 15.6. The third kappa shape index (κ3) is 5.32. The predicted octanol–water partition coefficient (Wildman–Crippen LogP) is 4.25. The Bertz CT molecular complexity index is 1180. The summed E-state index contributed by atoms with van der Waals surface area (Å²) in [7, 11) is 0. The maximum atomic E-state index is 14.3. The molecule has 9 heteroatoms. The lowest BCUT2D eigenvalue weighted by Gasteiger charge is -2.38. The first-order chi connectivity index (χ1) is 19.8. The molecule has 2 bridgehead atoms. The Kier molecular flexibility index (Phi) is 8.18. The predicted molar refractivity (Wildman–Crippen MR) is 158 cm³/mol. The van der Waals surface area contributed by atoms with E-state index >= 15 is 0 Å². The quantitative estimate of drug-likeness (QED) is 0.469. The molecule has 2 N–H and O–H groups in total. The van der Waals surface area contributed by atoms with Gasteiger partial charge in [0.1, 0.15) is 11.6 Å². The largest absolute Gasteiger partial charge is 0.359 e. The number of anilines is 1. The van der Waals surface area contributed by atoms with Gasteiger partial charge in [-0.25, -0.2) is 0 Å². The van der Waals surface area contributed by atoms with E-state index in [4.69, 9.17) is 16.3 Å². The van der Waals surface area contributed by atoms with E-state index in [1.54, 1.807) is 29.2 Å². The number of halogens is 1. The summed E-state index contributed by atoms with van der Waals surface area (Å²) in [6, 6.07) is 6.18. The Balaban J connectivity index is 1.27. The van der Waals surface area contributed by atoms with E-state index < -0.39 is 29.6 Å². The summed E-state index contributed by atoms with van der Waals surface area (Å²) in [6.45, 7) is 7.63. The fraction of sp³-hybridized carbons (Fsp3) is 0.656. The molecule has 1 aliphatic carbocycles. The zero-order chi connectivity index (χ0) is 28.7. The number of carbonyl (C=O) groups excluding carboxylic acids is 3. The molecular weight excluding hydrogens is 540 g/mol. The number of likely N-dealkylation sites (tertiary alicyclic amines) is 2. The molecule has 4 fully saturated rings. The van der Waals surface area contributed by atoms with Crippen LogP contribution in [0.1, 0.15) is 58.8 Å². The van der Waals surface area contributed by atoms with E-state index in [9.17, 15) is 14.4 Å². The molecule has 5 aliphatic rings. The van der Waals surface area contributed by atoms with Crippen LogP contribution in [0.2, 0.25) is 5.02 Å². The van der Waals surface area contributed by atoms with Gasteiger partial charge in [0.15, 0.2) is 0 Å². The summed E-state index contributed by atoms with van der Waals surface area (Å²) in [5, 5.41) is 6.88. The second kappa shape index (κ2) is 11.7. The van der Waals surface area contributed by atoms with Crippen LogP contribution in [0.3, 0.4) is 0 Å². The number of ether oxygens (including phenoxy) is 1. The molecule has 222 valence electrons. The third-order valence-electron chi connectivity index (χ3n) is 10.4. The molecule has 3 saturated heterocycles. The fourth-order valence-corrected chi connectivity index (χ4v) is 8.05. The minimum Gasteiger partial charge on any atom is -0.359 e. The molecule has 4 heterocycles. The first kappa shape index (κ1) is 28.7. The summed E-state index contributed by atoms with van der Waals surface area (Å²) < 4.78 is 6.53. The van der Waals surface area contributed by atoms with Crippen molar-refractivity contribution in [1.82, 2.24) is 15.1 Å². The van der Waals surface area contributed by atoms with E-state index in [0.29, 0.717) is 35.6 Å². The van der Waals surface area contributed by atoms with E-state index in [1.807, 2.05) is 12.2 Å². The molecule has 6 rings (SSSR count). The van der Waals surface area contributed by atoms with Gasteiger partial charge in [-0.3, -0.25) is 14.4 Å². The van der Waals surface area contributed by atoms with Gasteiger partial charge in [0.2, 0.25) is 17.7 Å². The molecule has 1 spiro atoms. The van der Waals surface area contributed by atoms with Gasteiger partial charge in [-0.1, -0.05) is 63.3 Å². The number of hydrogen-bond donors (Lipinski definition) is 2. The van der Waals surface area contributed by atoms with Gasteiger partial charge in [0, 0.05) is 29.8 Å². The minimum absolute atomic E-state index is 0.0656. The highest BCUT2D eigenvalue weighted by Crippen LogP contribution is 2.55. The maximum absolute atomic E-state index is 14.3. The highest BCUT2D eigenvalue weighted by atomic mass is 35.5. The number of hydrogen-bond acceptors (Lipinski definition) is 5. The second-order valence-electron chi connectivity index (χ2n) is 12.9. The Labute approximate surface area is 248 Å². The van der Waals surface area contributed by atoms with Gasteiger partial charge in [-0.15, -0.1) is 0 Å². The molecule has 41 heavy (non-hydrogen) atoms. The topological polar surface area (TPSA) is 91.0 Å².